The molecule has 2 aromatic carbocycles. The zero-order valence-corrected chi connectivity index (χ0v) is 14.7. The van der Waals surface area contributed by atoms with Gasteiger partial charge in [0.1, 0.15) is 0 Å². The van der Waals surface area contributed by atoms with Crippen LogP contribution in [0.4, 0.5) is 11.4 Å². The molecule has 11 nitrogen and oxygen atoms in total. The molecule has 0 saturated carbocycles. The molecule has 0 heterocycles. The van der Waals surface area contributed by atoms with Gasteiger partial charge in [0, 0.05) is 31.3 Å². The van der Waals surface area contributed by atoms with Crippen molar-refractivity contribution in [2.24, 2.45) is 0 Å². The summed E-state index contributed by atoms with van der Waals surface area (Å²) in [6, 6.07) is 8.84. The molecule has 12 heteroatoms. The van der Waals surface area contributed by atoms with Gasteiger partial charge in [0.2, 0.25) is 10.0 Å². The molecular weight excluding hydrogens is 382 g/mol. The number of carbonyl (C=O) groups is 1. The summed E-state index contributed by atoms with van der Waals surface area (Å²) in [5.74, 6) is -0.865. The molecule has 0 aliphatic carbocycles. The minimum absolute atomic E-state index is 0.0155. The van der Waals surface area contributed by atoms with Crippen molar-refractivity contribution in [3.05, 3.63) is 74.3 Å². The van der Waals surface area contributed by atoms with E-state index in [1.807, 2.05) is 0 Å². The molecular formula is C15H13N3O8S. The molecule has 0 N–H and O–H groups in total. The van der Waals surface area contributed by atoms with Crippen molar-refractivity contribution in [2.75, 3.05) is 13.8 Å². The summed E-state index contributed by atoms with van der Waals surface area (Å²) < 4.78 is 30.4. The first-order valence-electron chi connectivity index (χ1n) is 7.25. The number of ether oxygens (including phenoxy) is 1. The van der Waals surface area contributed by atoms with Crippen molar-refractivity contribution >= 4 is 27.4 Å². The fraction of sp³-hybridized carbons (Fsp3) is 0.133. The van der Waals surface area contributed by atoms with Crippen LogP contribution in [0.5, 0.6) is 0 Å². The number of hydrogen-bond acceptors (Lipinski definition) is 8. The Labute approximate surface area is 153 Å². The Kier molecular flexibility index (Phi) is 5.82. The third-order valence-electron chi connectivity index (χ3n) is 3.45. The second-order valence-electron chi connectivity index (χ2n) is 5.22. The summed E-state index contributed by atoms with van der Waals surface area (Å²) in [4.78, 5) is 31.6. The molecule has 0 unspecified atom stereocenters. The molecule has 0 amide bonds. The van der Waals surface area contributed by atoms with Crippen LogP contribution < -0.4 is 0 Å². The van der Waals surface area contributed by atoms with Crippen molar-refractivity contribution < 1.29 is 27.8 Å². The van der Waals surface area contributed by atoms with E-state index in [-0.39, 0.29) is 21.8 Å². The molecule has 2 aromatic rings. The summed E-state index contributed by atoms with van der Waals surface area (Å²) in [5.41, 5.74) is -0.452. The highest BCUT2D eigenvalue weighted by Gasteiger charge is 2.23. The average molecular weight is 395 g/mol. The number of hydrogen-bond donors (Lipinski definition) is 0. The number of nitrogens with zero attached hydrogens (tertiary/aromatic N) is 3. The van der Waals surface area contributed by atoms with Gasteiger partial charge < -0.3 is 4.74 Å². The van der Waals surface area contributed by atoms with E-state index in [9.17, 15) is 33.4 Å². The topological polar surface area (TPSA) is 150 Å². The van der Waals surface area contributed by atoms with E-state index in [2.05, 4.69) is 0 Å². The lowest BCUT2D eigenvalue weighted by Gasteiger charge is -2.17. The maximum Gasteiger partial charge on any atom is 0.339 e. The lowest BCUT2D eigenvalue weighted by molar-refractivity contribution is -0.385. The normalized spacial score (nSPS) is 11.2. The number of rotatable bonds is 7. The Morgan fingerprint density at radius 1 is 0.963 bits per heavy atom. The van der Waals surface area contributed by atoms with Crippen LogP contribution in [0.3, 0.4) is 0 Å². The Morgan fingerprint density at radius 3 is 1.85 bits per heavy atom. The van der Waals surface area contributed by atoms with Gasteiger partial charge in [-0.3, -0.25) is 20.2 Å². The number of esters is 1. The van der Waals surface area contributed by atoms with E-state index in [4.69, 9.17) is 4.74 Å². The van der Waals surface area contributed by atoms with E-state index in [1.54, 1.807) is 0 Å². The number of non-ortho nitro benzene ring substituents is 2. The van der Waals surface area contributed by atoms with Crippen molar-refractivity contribution in [1.82, 2.24) is 4.31 Å². The second-order valence-corrected chi connectivity index (χ2v) is 7.26. The molecule has 0 aliphatic heterocycles. The van der Waals surface area contributed by atoms with E-state index in [0.717, 1.165) is 40.7 Å². The lowest BCUT2D eigenvalue weighted by atomic mass is 10.2. The van der Waals surface area contributed by atoms with Crippen molar-refractivity contribution in [1.29, 1.82) is 0 Å². The van der Waals surface area contributed by atoms with E-state index in [0.29, 0.717) is 0 Å². The number of nitro benzene ring substituents is 2. The maximum atomic E-state index is 12.4. The van der Waals surface area contributed by atoms with E-state index >= 15 is 0 Å². The van der Waals surface area contributed by atoms with Crippen molar-refractivity contribution in [2.45, 2.75) is 4.90 Å². The summed E-state index contributed by atoms with van der Waals surface area (Å²) in [6.45, 7) is -0.616. The highest BCUT2D eigenvalue weighted by molar-refractivity contribution is 7.89. The van der Waals surface area contributed by atoms with Crippen LogP contribution in [0.1, 0.15) is 10.4 Å². The van der Waals surface area contributed by atoms with E-state index in [1.165, 1.54) is 19.2 Å². The predicted octanol–water partition coefficient (Wildman–Crippen LogP) is 1.94. The Hall–Kier alpha value is -3.38. The summed E-state index contributed by atoms with van der Waals surface area (Å²) in [5, 5.41) is 21.2. The summed E-state index contributed by atoms with van der Waals surface area (Å²) in [7, 11) is -2.87. The molecule has 0 saturated heterocycles. The first-order valence-corrected chi connectivity index (χ1v) is 8.69. The van der Waals surface area contributed by atoms with Gasteiger partial charge in [-0.25, -0.2) is 13.2 Å². The van der Waals surface area contributed by atoms with Crippen LogP contribution in [0, 0.1) is 20.2 Å². The van der Waals surface area contributed by atoms with Gasteiger partial charge in [-0.1, -0.05) is 0 Å². The standard InChI is InChI=1S/C15H13N3O8S/c1-16(27(24,25)14-8-6-13(7-9-14)18(22)23)10-26-15(19)11-2-4-12(5-3-11)17(20)21/h2-9H,10H2,1H3. The number of nitro groups is 2. The third kappa shape index (κ3) is 4.62. The Morgan fingerprint density at radius 2 is 1.41 bits per heavy atom. The molecule has 0 aromatic heterocycles. The second kappa shape index (κ2) is 7.88. The van der Waals surface area contributed by atoms with Crippen molar-refractivity contribution in [3.8, 4) is 0 Å². The maximum absolute atomic E-state index is 12.4. The first-order chi connectivity index (χ1) is 12.6. The van der Waals surface area contributed by atoms with E-state index < -0.39 is 32.6 Å². The van der Waals surface area contributed by atoms with Crippen LogP contribution in [-0.2, 0) is 14.8 Å². The molecule has 142 valence electrons. The van der Waals surface area contributed by atoms with Crippen LogP contribution in [0.2, 0.25) is 0 Å². The zero-order valence-electron chi connectivity index (χ0n) is 13.8. The molecule has 2 rings (SSSR count). The lowest BCUT2D eigenvalue weighted by Crippen LogP contribution is -2.30. The molecule has 0 bridgehead atoms. The van der Waals surface area contributed by atoms with Crippen LogP contribution in [0.15, 0.2) is 53.4 Å². The van der Waals surface area contributed by atoms with Crippen LogP contribution >= 0.6 is 0 Å². The van der Waals surface area contributed by atoms with Gasteiger partial charge in [0.15, 0.2) is 6.73 Å². The fourth-order valence-corrected chi connectivity index (χ4v) is 2.97. The van der Waals surface area contributed by atoms with Gasteiger partial charge in [0.25, 0.3) is 11.4 Å². The zero-order chi connectivity index (χ0) is 20.2. The first kappa shape index (κ1) is 19.9. The largest absolute Gasteiger partial charge is 0.445 e. The monoisotopic (exact) mass is 395 g/mol. The summed E-state index contributed by atoms with van der Waals surface area (Å²) in [6.07, 6.45) is 0. The third-order valence-corrected chi connectivity index (χ3v) is 5.24. The van der Waals surface area contributed by atoms with Gasteiger partial charge in [-0.05, 0) is 24.3 Å². The number of sulfonamides is 1. The van der Waals surface area contributed by atoms with Gasteiger partial charge in [-0.15, -0.1) is 0 Å². The molecule has 0 fully saturated rings. The quantitative estimate of drug-likeness (QED) is 0.299. The molecule has 0 aliphatic rings. The molecule has 0 atom stereocenters. The number of carbonyl (C=O) groups excluding carboxylic acids is 1. The van der Waals surface area contributed by atoms with Crippen LogP contribution in [0.25, 0.3) is 0 Å². The highest BCUT2D eigenvalue weighted by Crippen LogP contribution is 2.19. The Balaban J connectivity index is 2.04. The predicted molar refractivity (Wildman–Crippen MR) is 91.4 cm³/mol. The average Bonchev–Trinajstić information content (AvgIpc) is 2.65. The minimum atomic E-state index is -4.03. The minimum Gasteiger partial charge on any atom is -0.445 e. The summed E-state index contributed by atoms with van der Waals surface area (Å²) >= 11 is 0. The van der Waals surface area contributed by atoms with Crippen molar-refractivity contribution in [3.63, 3.8) is 0 Å². The van der Waals surface area contributed by atoms with Crippen LogP contribution in [-0.4, -0.2) is 42.3 Å². The van der Waals surface area contributed by atoms with Gasteiger partial charge in [-0.2, -0.15) is 4.31 Å². The SMILES string of the molecule is CN(COC(=O)c1ccc([N+](=O)[O-])cc1)S(=O)(=O)c1ccc([N+](=O)[O-])cc1. The fourth-order valence-electron chi connectivity index (χ4n) is 1.94. The highest BCUT2D eigenvalue weighted by atomic mass is 32.2. The molecule has 0 radical (unpaired) electrons. The molecule has 27 heavy (non-hydrogen) atoms. The van der Waals surface area contributed by atoms with Gasteiger partial charge in [0.05, 0.1) is 20.3 Å². The Bertz CT molecular complexity index is 971. The smallest absolute Gasteiger partial charge is 0.339 e. The number of benzene rings is 2. The molecule has 0 spiro atoms. The van der Waals surface area contributed by atoms with Gasteiger partial charge >= 0.3 is 5.97 Å².